The van der Waals surface area contributed by atoms with Crippen LogP contribution in [0, 0.1) is 6.92 Å². The Bertz CT molecular complexity index is 627. The van der Waals surface area contributed by atoms with Gasteiger partial charge in [-0.25, -0.2) is 4.98 Å². The predicted molar refractivity (Wildman–Crippen MR) is 76.3 cm³/mol. The van der Waals surface area contributed by atoms with Gasteiger partial charge in [0.25, 0.3) is 5.56 Å². The van der Waals surface area contributed by atoms with Gasteiger partial charge in [-0.15, -0.1) is 11.8 Å². The smallest absolute Gasteiger partial charge is 0.262 e. The van der Waals surface area contributed by atoms with Gasteiger partial charge in [0, 0.05) is 5.75 Å². The molecule has 1 heterocycles. The lowest BCUT2D eigenvalue weighted by Crippen LogP contribution is -2.24. The molecule has 0 saturated heterocycles. The second-order valence-corrected chi connectivity index (χ2v) is 5.25. The first-order valence-corrected chi connectivity index (χ1v) is 7.12. The van der Waals surface area contributed by atoms with Gasteiger partial charge in [0.2, 0.25) is 0 Å². The summed E-state index contributed by atoms with van der Waals surface area (Å²) in [6.45, 7) is 1.52. The van der Waals surface area contributed by atoms with E-state index in [2.05, 4.69) is 4.98 Å². The number of hydrogen-bond donors (Lipinski definition) is 2. The highest BCUT2D eigenvalue weighted by molar-refractivity contribution is 7.98. The van der Waals surface area contributed by atoms with Crippen LogP contribution in [0.3, 0.4) is 0 Å². The topological polar surface area (TPSA) is 75.4 Å². The van der Waals surface area contributed by atoms with E-state index in [9.17, 15) is 9.90 Å². The number of benzene rings is 1. The number of nitrogens with zero attached hydrogens (tertiary/aromatic N) is 2. The summed E-state index contributed by atoms with van der Waals surface area (Å²) in [5.41, 5.74) is 0.621. The normalized spacial score (nSPS) is 12.8. The van der Waals surface area contributed by atoms with Gasteiger partial charge < -0.3 is 10.2 Å². The number of aryl methyl sites for hydroxylation is 1. The Balaban J connectivity index is 2.26. The zero-order valence-electron chi connectivity index (χ0n) is 10.6. The molecule has 5 nitrogen and oxygen atoms in total. The van der Waals surface area contributed by atoms with Crippen molar-refractivity contribution in [1.29, 1.82) is 0 Å². The van der Waals surface area contributed by atoms with E-state index in [0.717, 1.165) is 0 Å². The summed E-state index contributed by atoms with van der Waals surface area (Å²) in [6.07, 6.45) is -0.755. The van der Waals surface area contributed by atoms with Crippen molar-refractivity contribution < 1.29 is 10.2 Å². The van der Waals surface area contributed by atoms with E-state index in [1.165, 1.54) is 11.8 Å². The third-order valence-corrected chi connectivity index (χ3v) is 3.86. The number of aliphatic hydroxyl groups excluding tert-OH is 2. The average molecular weight is 280 g/mol. The quantitative estimate of drug-likeness (QED) is 0.845. The third-order valence-electron chi connectivity index (χ3n) is 2.79. The Morgan fingerprint density at radius 3 is 2.89 bits per heavy atom. The Morgan fingerprint density at radius 1 is 1.42 bits per heavy atom. The Labute approximate surface area is 114 Å². The van der Waals surface area contributed by atoms with E-state index in [1.54, 1.807) is 17.6 Å². The molecule has 0 aliphatic carbocycles. The predicted octanol–water partition coefficient (Wildman–Crippen LogP) is 0.749. The van der Waals surface area contributed by atoms with Crippen molar-refractivity contribution in [3.63, 3.8) is 0 Å². The molecule has 6 heteroatoms. The van der Waals surface area contributed by atoms with Gasteiger partial charge in [-0.2, -0.15) is 0 Å². The molecule has 2 aromatic rings. The highest BCUT2D eigenvalue weighted by atomic mass is 32.2. The van der Waals surface area contributed by atoms with Crippen molar-refractivity contribution in [2.75, 3.05) is 12.4 Å². The first kappa shape index (κ1) is 14.0. The maximum Gasteiger partial charge on any atom is 0.262 e. The number of rotatable bonds is 5. The number of aliphatic hydroxyl groups is 2. The molecule has 0 amide bonds. The van der Waals surface area contributed by atoms with Crippen molar-refractivity contribution >= 4 is 22.7 Å². The van der Waals surface area contributed by atoms with Crippen LogP contribution in [-0.4, -0.2) is 38.2 Å². The van der Waals surface area contributed by atoms with Crippen molar-refractivity contribution in [3.05, 3.63) is 40.4 Å². The molecule has 0 fully saturated rings. The second kappa shape index (κ2) is 6.18. The van der Waals surface area contributed by atoms with Gasteiger partial charge in [0.15, 0.2) is 0 Å². The summed E-state index contributed by atoms with van der Waals surface area (Å²) in [4.78, 5) is 16.7. The molecule has 1 unspecified atom stereocenters. The fraction of sp³-hybridized carbons (Fsp3) is 0.385. The van der Waals surface area contributed by atoms with Gasteiger partial charge in [-0.3, -0.25) is 9.36 Å². The first-order valence-electron chi connectivity index (χ1n) is 5.96. The molecule has 0 aliphatic heterocycles. The van der Waals surface area contributed by atoms with Crippen LogP contribution in [0.4, 0.5) is 0 Å². The van der Waals surface area contributed by atoms with Crippen LogP contribution in [0.25, 0.3) is 10.9 Å². The van der Waals surface area contributed by atoms with Crippen LogP contribution in [0.5, 0.6) is 0 Å². The lowest BCUT2D eigenvalue weighted by Gasteiger charge is -2.11. The second-order valence-electron chi connectivity index (χ2n) is 4.25. The van der Waals surface area contributed by atoms with Gasteiger partial charge in [0.1, 0.15) is 5.82 Å². The Hall–Kier alpha value is -1.37. The maximum atomic E-state index is 12.3. The molecule has 19 heavy (non-hydrogen) atoms. The van der Waals surface area contributed by atoms with E-state index in [1.807, 2.05) is 18.2 Å². The van der Waals surface area contributed by atoms with Gasteiger partial charge in [-0.05, 0) is 19.1 Å². The molecule has 1 aromatic heterocycles. The molecular weight excluding hydrogens is 264 g/mol. The molecule has 0 bridgehead atoms. The first-order chi connectivity index (χ1) is 9.13. The summed E-state index contributed by atoms with van der Waals surface area (Å²) in [6, 6.07) is 7.24. The Kier molecular flexibility index (Phi) is 4.57. The summed E-state index contributed by atoms with van der Waals surface area (Å²) < 4.78 is 1.58. The van der Waals surface area contributed by atoms with Gasteiger partial charge >= 0.3 is 0 Å². The molecule has 1 aromatic carbocycles. The standard InChI is InChI=1S/C13H16N2O3S/c1-9-14-12-5-3-2-4-11(12)13(18)15(9)8-19-7-10(17)6-16/h2-5,10,16-17H,6-8H2,1H3. The van der Waals surface area contributed by atoms with Crippen molar-refractivity contribution in [2.24, 2.45) is 0 Å². The Morgan fingerprint density at radius 2 is 2.16 bits per heavy atom. The number of hydrogen-bond acceptors (Lipinski definition) is 5. The van der Waals surface area contributed by atoms with Crippen LogP contribution in [-0.2, 0) is 5.88 Å². The summed E-state index contributed by atoms with van der Waals surface area (Å²) in [5.74, 6) is 1.45. The minimum absolute atomic E-state index is 0.0749. The van der Waals surface area contributed by atoms with Crippen LogP contribution in [0.1, 0.15) is 5.82 Å². The summed E-state index contributed by atoms with van der Waals surface area (Å²) >= 11 is 1.39. The summed E-state index contributed by atoms with van der Waals surface area (Å²) in [5, 5.41) is 18.6. The van der Waals surface area contributed by atoms with Crippen LogP contribution in [0.2, 0.25) is 0 Å². The molecule has 2 N–H and O–H groups in total. The van der Waals surface area contributed by atoms with Crippen LogP contribution >= 0.6 is 11.8 Å². The molecule has 0 spiro atoms. The highest BCUT2D eigenvalue weighted by Gasteiger charge is 2.08. The van der Waals surface area contributed by atoms with E-state index in [0.29, 0.717) is 28.4 Å². The van der Waals surface area contributed by atoms with Crippen molar-refractivity contribution in [3.8, 4) is 0 Å². The van der Waals surface area contributed by atoms with Crippen LogP contribution in [0.15, 0.2) is 29.1 Å². The molecule has 0 saturated carbocycles. The number of para-hydroxylation sites is 1. The lowest BCUT2D eigenvalue weighted by molar-refractivity contribution is 0.113. The van der Waals surface area contributed by atoms with Gasteiger partial charge in [0.05, 0.1) is 29.5 Å². The van der Waals surface area contributed by atoms with Gasteiger partial charge in [-0.1, -0.05) is 12.1 Å². The lowest BCUT2D eigenvalue weighted by atomic mass is 10.2. The molecular formula is C13H16N2O3S. The molecule has 1 atom stereocenters. The van der Waals surface area contributed by atoms with Crippen molar-refractivity contribution in [1.82, 2.24) is 9.55 Å². The minimum atomic E-state index is -0.755. The fourth-order valence-electron chi connectivity index (χ4n) is 1.76. The van der Waals surface area contributed by atoms with E-state index >= 15 is 0 Å². The maximum absolute atomic E-state index is 12.3. The zero-order chi connectivity index (χ0) is 13.8. The zero-order valence-corrected chi connectivity index (χ0v) is 11.4. The number of aromatic nitrogens is 2. The SMILES string of the molecule is Cc1nc2ccccc2c(=O)n1CSCC(O)CO. The largest absolute Gasteiger partial charge is 0.394 e. The van der Waals surface area contributed by atoms with E-state index in [-0.39, 0.29) is 12.2 Å². The third kappa shape index (κ3) is 3.15. The molecule has 0 radical (unpaired) electrons. The number of fused-ring (bicyclic) bond motifs is 1. The van der Waals surface area contributed by atoms with E-state index in [4.69, 9.17) is 5.11 Å². The fourth-order valence-corrected chi connectivity index (χ4v) is 2.73. The molecule has 0 aliphatic rings. The monoisotopic (exact) mass is 280 g/mol. The summed E-state index contributed by atoms with van der Waals surface area (Å²) in [7, 11) is 0. The molecule has 102 valence electrons. The minimum Gasteiger partial charge on any atom is -0.394 e. The molecule has 2 rings (SSSR count). The van der Waals surface area contributed by atoms with Crippen molar-refractivity contribution in [2.45, 2.75) is 18.9 Å². The highest BCUT2D eigenvalue weighted by Crippen LogP contribution is 2.11. The number of thioether (sulfide) groups is 1. The average Bonchev–Trinajstić information content (AvgIpc) is 2.42. The van der Waals surface area contributed by atoms with E-state index < -0.39 is 6.10 Å². The van der Waals surface area contributed by atoms with Crippen LogP contribution < -0.4 is 5.56 Å².